The molecule has 0 saturated carbocycles. The number of nitrogens with two attached hydrogens (primary N) is 1. The molecule has 0 aliphatic rings. The number of anilines is 2. The molecule has 1 unspecified atom stereocenters. The Balaban J connectivity index is 2.18. The summed E-state index contributed by atoms with van der Waals surface area (Å²) in [6.45, 7) is 2.21. The van der Waals surface area contributed by atoms with Gasteiger partial charge in [-0.2, -0.15) is 0 Å². The Morgan fingerprint density at radius 1 is 1.39 bits per heavy atom. The van der Waals surface area contributed by atoms with Gasteiger partial charge >= 0.3 is 0 Å². The predicted molar refractivity (Wildman–Crippen MR) is 84.1 cm³/mol. The van der Waals surface area contributed by atoms with E-state index < -0.39 is 0 Å². The van der Waals surface area contributed by atoms with Gasteiger partial charge in [-0.15, -0.1) is 11.3 Å². The molecule has 1 aromatic carbocycles. The average molecular weight is 325 g/mol. The molecule has 0 radical (unpaired) electrons. The van der Waals surface area contributed by atoms with Crippen LogP contribution in [0.4, 0.5) is 11.4 Å². The fourth-order valence-corrected chi connectivity index (χ4v) is 3.22. The smallest absolute Gasteiger partial charge is 0.0606 e. The fraction of sp³-hybridized carbons (Fsp3) is 0.286. The number of nitrogens with one attached hydrogen (secondary N) is 1. The minimum absolute atomic E-state index is 0.370. The maximum atomic E-state index is 5.76. The molecule has 96 valence electrons. The molecule has 0 aliphatic heterocycles. The summed E-state index contributed by atoms with van der Waals surface area (Å²) in [5.41, 5.74) is 7.62. The van der Waals surface area contributed by atoms with E-state index in [1.807, 2.05) is 18.2 Å². The summed E-state index contributed by atoms with van der Waals surface area (Å²) in [4.78, 5) is 1.38. The van der Waals surface area contributed by atoms with Crippen LogP contribution in [0.5, 0.6) is 0 Å². The van der Waals surface area contributed by atoms with Gasteiger partial charge in [-0.1, -0.05) is 19.4 Å². The Morgan fingerprint density at radius 2 is 2.22 bits per heavy atom. The van der Waals surface area contributed by atoms with Crippen LogP contribution in [0.3, 0.4) is 0 Å². The first kappa shape index (κ1) is 13.4. The minimum atomic E-state index is 0.370. The third-order valence-electron chi connectivity index (χ3n) is 2.79. The van der Waals surface area contributed by atoms with Crippen LogP contribution in [0.1, 0.15) is 30.7 Å². The summed E-state index contributed by atoms with van der Waals surface area (Å²) in [5, 5.41) is 5.71. The van der Waals surface area contributed by atoms with Gasteiger partial charge < -0.3 is 11.1 Å². The predicted octanol–water partition coefficient (Wildman–Crippen LogP) is 5.05. The van der Waals surface area contributed by atoms with E-state index in [-0.39, 0.29) is 0 Å². The van der Waals surface area contributed by atoms with E-state index >= 15 is 0 Å². The van der Waals surface area contributed by atoms with Crippen LogP contribution in [-0.2, 0) is 0 Å². The molecule has 2 rings (SSSR count). The quantitative estimate of drug-likeness (QED) is 0.755. The molecule has 18 heavy (non-hydrogen) atoms. The van der Waals surface area contributed by atoms with E-state index in [1.165, 1.54) is 4.88 Å². The average Bonchev–Trinajstić information content (AvgIpc) is 2.85. The Kier molecular flexibility index (Phi) is 4.66. The molecule has 0 amide bonds. The standard InChI is InChI=1S/C14H17BrN2S/c1-2-4-13(14-5-3-8-18-14)17-12-7-6-10(16)9-11(12)15/h3,5-9,13,17H,2,4,16H2,1H3. The fourth-order valence-electron chi connectivity index (χ4n) is 1.90. The second-order valence-electron chi connectivity index (χ2n) is 4.24. The van der Waals surface area contributed by atoms with E-state index in [4.69, 9.17) is 5.73 Å². The van der Waals surface area contributed by atoms with Crippen LogP contribution in [-0.4, -0.2) is 0 Å². The molecule has 1 aromatic heterocycles. The van der Waals surface area contributed by atoms with Crippen molar-refractivity contribution in [1.82, 2.24) is 0 Å². The number of hydrogen-bond donors (Lipinski definition) is 2. The maximum absolute atomic E-state index is 5.76. The Morgan fingerprint density at radius 3 is 2.83 bits per heavy atom. The molecule has 1 heterocycles. The first-order chi connectivity index (χ1) is 8.70. The topological polar surface area (TPSA) is 38.0 Å². The van der Waals surface area contributed by atoms with Gasteiger partial charge in [-0.3, -0.25) is 0 Å². The largest absolute Gasteiger partial charge is 0.399 e. The second kappa shape index (κ2) is 6.25. The van der Waals surface area contributed by atoms with Gasteiger partial charge in [0.25, 0.3) is 0 Å². The van der Waals surface area contributed by atoms with Crippen molar-refractivity contribution in [3.8, 4) is 0 Å². The first-order valence-electron chi connectivity index (χ1n) is 6.05. The number of rotatable bonds is 5. The monoisotopic (exact) mass is 324 g/mol. The van der Waals surface area contributed by atoms with Crippen LogP contribution < -0.4 is 11.1 Å². The Bertz CT molecular complexity index is 497. The highest BCUT2D eigenvalue weighted by Gasteiger charge is 2.12. The third-order valence-corrected chi connectivity index (χ3v) is 4.43. The van der Waals surface area contributed by atoms with E-state index in [1.54, 1.807) is 11.3 Å². The van der Waals surface area contributed by atoms with Crippen LogP contribution >= 0.6 is 27.3 Å². The summed E-state index contributed by atoms with van der Waals surface area (Å²) < 4.78 is 1.01. The number of thiophene rings is 1. The van der Waals surface area contributed by atoms with Gasteiger partial charge in [0, 0.05) is 20.7 Å². The second-order valence-corrected chi connectivity index (χ2v) is 6.07. The summed E-state index contributed by atoms with van der Waals surface area (Å²) in [6.07, 6.45) is 2.28. The van der Waals surface area contributed by atoms with Gasteiger partial charge in [0.2, 0.25) is 0 Å². The highest BCUT2D eigenvalue weighted by molar-refractivity contribution is 9.10. The summed E-state index contributed by atoms with van der Waals surface area (Å²) in [5.74, 6) is 0. The number of nitrogen functional groups attached to an aromatic ring is 1. The Hall–Kier alpha value is -1.00. The highest BCUT2D eigenvalue weighted by Crippen LogP contribution is 2.31. The maximum Gasteiger partial charge on any atom is 0.0606 e. The summed E-state index contributed by atoms with van der Waals surface area (Å²) in [7, 11) is 0. The van der Waals surface area contributed by atoms with Crippen LogP contribution in [0.15, 0.2) is 40.2 Å². The van der Waals surface area contributed by atoms with Crippen LogP contribution in [0.2, 0.25) is 0 Å². The number of benzene rings is 1. The lowest BCUT2D eigenvalue weighted by atomic mass is 10.1. The van der Waals surface area contributed by atoms with Gasteiger partial charge in [-0.05, 0) is 52.0 Å². The molecule has 4 heteroatoms. The van der Waals surface area contributed by atoms with Crippen molar-refractivity contribution in [2.24, 2.45) is 0 Å². The van der Waals surface area contributed by atoms with Gasteiger partial charge in [0.1, 0.15) is 0 Å². The lowest BCUT2D eigenvalue weighted by molar-refractivity contribution is 0.687. The van der Waals surface area contributed by atoms with Crippen molar-refractivity contribution in [2.45, 2.75) is 25.8 Å². The molecule has 2 nitrogen and oxygen atoms in total. The molecule has 0 bridgehead atoms. The van der Waals surface area contributed by atoms with Gasteiger partial charge in [-0.25, -0.2) is 0 Å². The van der Waals surface area contributed by atoms with E-state index in [9.17, 15) is 0 Å². The van der Waals surface area contributed by atoms with Crippen molar-refractivity contribution in [1.29, 1.82) is 0 Å². The molecule has 2 aromatic rings. The minimum Gasteiger partial charge on any atom is -0.399 e. The van der Waals surface area contributed by atoms with Crippen molar-refractivity contribution >= 4 is 38.6 Å². The van der Waals surface area contributed by atoms with Crippen LogP contribution in [0.25, 0.3) is 0 Å². The zero-order valence-corrected chi connectivity index (χ0v) is 12.7. The zero-order valence-electron chi connectivity index (χ0n) is 10.3. The normalized spacial score (nSPS) is 12.3. The van der Waals surface area contributed by atoms with Crippen molar-refractivity contribution in [2.75, 3.05) is 11.1 Å². The molecule has 0 aliphatic carbocycles. The van der Waals surface area contributed by atoms with Gasteiger partial charge in [0.15, 0.2) is 0 Å². The SMILES string of the molecule is CCCC(Nc1ccc(N)cc1Br)c1cccs1. The molecular weight excluding hydrogens is 308 g/mol. The lowest BCUT2D eigenvalue weighted by Gasteiger charge is -2.19. The van der Waals surface area contributed by atoms with E-state index in [0.29, 0.717) is 6.04 Å². The molecule has 3 N–H and O–H groups in total. The summed E-state index contributed by atoms with van der Waals surface area (Å²) >= 11 is 5.35. The molecular formula is C14H17BrN2S. The first-order valence-corrected chi connectivity index (χ1v) is 7.73. The lowest BCUT2D eigenvalue weighted by Crippen LogP contribution is -2.09. The molecule has 1 atom stereocenters. The van der Waals surface area contributed by atoms with Crippen LogP contribution in [0, 0.1) is 0 Å². The Labute approximate surface area is 120 Å². The van der Waals surface area contributed by atoms with Crippen molar-refractivity contribution < 1.29 is 0 Å². The number of hydrogen-bond acceptors (Lipinski definition) is 3. The summed E-state index contributed by atoms with van der Waals surface area (Å²) in [6, 6.07) is 10.5. The molecule has 0 fully saturated rings. The number of halogens is 1. The van der Waals surface area contributed by atoms with E-state index in [0.717, 1.165) is 28.7 Å². The van der Waals surface area contributed by atoms with Gasteiger partial charge in [0.05, 0.1) is 6.04 Å². The third kappa shape index (κ3) is 3.27. The molecule has 0 spiro atoms. The van der Waals surface area contributed by atoms with E-state index in [2.05, 4.69) is 45.7 Å². The highest BCUT2D eigenvalue weighted by atomic mass is 79.9. The van der Waals surface area contributed by atoms with Crippen molar-refractivity contribution in [3.05, 3.63) is 45.1 Å². The van der Waals surface area contributed by atoms with Crippen molar-refractivity contribution in [3.63, 3.8) is 0 Å². The molecule has 0 saturated heterocycles. The zero-order chi connectivity index (χ0) is 13.0.